The molecule has 0 saturated heterocycles. The van der Waals surface area contributed by atoms with E-state index in [2.05, 4.69) is 13.8 Å². The van der Waals surface area contributed by atoms with Gasteiger partial charge in [0.2, 0.25) is 0 Å². The molecule has 0 aromatic carbocycles. The van der Waals surface area contributed by atoms with Crippen LogP contribution in [0, 0.1) is 23.7 Å². The highest BCUT2D eigenvalue weighted by Gasteiger charge is 2.28. The summed E-state index contributed by atoms with van der Waals surface area (Å²) in [5, 5.41) is 0. The van der Waals surface area contributed by atoms with E-state index in [0.717, 1.165) is 23.7 Å². The molecular formula is C14H28O. The van der Waals surface area contributed by atoms with E-state index in [9.17, 15) is 0 Å². The van der Waals surface area contributed by atoms with Crippen molar-refractivity contribution in [1.82, 2.24) is 0 Å². The standard InChI is InChI=1S/C14H26.H2O/c1-11-3-7-13(8-4-11)14-9-5-12(2)6-10-14;/h11-14H,3-10H2,1-2H3;1H2. The Bertz CT molecular complexity index is 142. The topological polar surface area (TPSA) is 31.5 Å². The quantitative estimate of drug-likeness (QED) is 0.633. The van der Waals surface area contributed by atoms with Crippen LogP contribution in [0.1, 0.15) is 65.2 Å². The van der Waals surface area contributed by atoms with Gasteiger partial charge < -0.3 is 5.48 Å². The lowest BCUT2D eigenvalue weighted by atomic mass is 9.70. The number of rotatable bonds is 1. The Morgan fingerprint density at radius 2 is 0.800 bits per heavy atom. The molecule has 0 spiro atoms. The molecule has 0 aromatic rings. The Hall–Kier alpha value is -0.0400. The molecule has 15 heavy (non-hydrogen) atoms. The molecule has 2 rings (SSSR count). The first-order valence-corrected chi connectivity index (χ1v) is 6.75. The van der Waals surface area contributed by atoms with Gasteiger partial charge in [-0.3, -0.25) is 0 Å². The number of hydrogen-bond acceptors (Lipinski definition) is 0. The highest BCUT2D eigenvalue weighted by molar-refractivity contribution is 4.80. The van der Waals surface area contributed by atoms with Crippen LogP contribution < -0.4 is 0 Å². The molecule has 0 aromatic heterocycles. The summed E-state index contributed by atoms with van der Waals surface area (Å²) in [5.74, 6) is 4.26. The first-order chi connectivity index (χ1) is 6.75. The zero-order valence-electron chi connectivity index (χ0n) is 10.5. The summed E-state index contributed by atoms with van der Waals surface area (Å²) >= 11 is 0. The lowest BCUT2D eigenvalue weighted by Gasteiger charge is -2.36. The Morgan fingerprint density at radius 3 is 1.07 bits per heavy atom. The second-order valence-electron chi connectivity index (χ2n) is 6.04. The predicted octanol–water partition coefficient (Wildman–Crippen LogP) is 3.81. The summed E-state index contributed by atoms with van der Waals surface area (Å²) in [7, 11) is 0. The van der Waals surface area contributed by atoms with Gasteiger partial charge in [0.1, 0.15) is 0 Å². The van der Waals surface area contributed by atoms with Crippen molar-refractivity contribution in [3.8, 4) is 0 Å². The van der Waals surface area contributed by atoms with Gasteiger partial charge in [0.05, 0.1) is 0 Å². The normalized spacial score (nSPS) is 42.0. The van der Waals surface area contributed by atoms with Gasteiger partial charge >= 0.3 is 0 Å². The zero-order valence-corrected chi connectivity index (χ0v) is 10.5. The molecule has 2 aliphatic rings. The average Bonchev–Trinajstić information content (AvgIpc) is 2.21. The molecule has 1 heteroatoms. The molecule has 90 valence electrons. The van der Waals surface area contributed by atoms with Crippen molar-refractivity contribution in [1.29, 1.82) is 0 Å². The lowest BCUT2D eigenvalue weighted by molar-refractivity contribution is 0.155. The molecule has 0 aliphatic heterocycles. The van der Waals surface area contributed by atoms with Crippen LogP contribution >= 0.6 is 0 Å². The molecule has 2 saturated carbocycles. The van der Waals surface area contributed by atoms with Crippen LogP contribution in [0.25, 0.3) is 0 Å². The van der Waals surface area contributed by atoms with Gasteiger partial charge in [-0.1, -0.05) is 39.5 Å². The molecule has 0 amide bonds. The van der Waals surface area contributed by atoms with Crippen LogP contribution in [0.4, 0.5) is 0 Å². The maximum atomic E-state index is 2.43. The summed E-state index contributed by atoms with van der Waals surface area (Å²) in [6.45, 7) is 4.86. The number of hydrogen-bond donors (Lipinski definition) is 0. The fourth-order valence-corrected chi connectivity index (χ4v) is 3.51. The second-order valence-corrected chi connectivity index (χ2v) is 6.04. The van der Waals surface area contributed by atoms with Crippen LogP contribution in [0.5, 0.6) is 0 Å². The minimum atomic E-state index is 0. The molecule has 1 nitrogen and oxygen atoms in total. The van der Waals surface area contributed by atoms with Crippen LogP contribution in [0.15, 0.2) is 0 Å². The van der Waals surface area contributed by atoms with Gasteiger partial charge in [0.25, 0.3) is 0 Å². The van der Waals surface area contributed by atoms with E-state index in [4.69, 9.17) is 0 Å². The smallest absolute Gasteiger partial charge is 0.0386 e. The van der Waals surface area contributed by atoms with Gasteiger partial charge in [-0.15, -0.1) is 0 Å². The summed E-state index contributed by atoms with van der Waals surface area (Å²) in [5.41, 5.74) is 0. The van der Waals surface area contributed by atoms with Crippen molar-refractivity contribution in [2.75, 3.05) is 0 Å². The fraction of sp³-hybridized carbons (Fsp3) is 1.00. The first-order valence-electron chi connectivity index (χ1n) is 6.75. The fourth-order valence-electron chi connectivity index (χ4n) is 3.51. The largest absolute Gasteiger partial charge is 0.412 e. The molecule has 2 fully saturated rings. The maximum Gasteiger partial charge on any atom is -0.0386 e. The van der Waals surface area contributed by atoms with Gasteiger partial charge in [0.15, 0.2) is 0 Å². The molecule has 2 aliphatic carbocycles. The van der Waals surface area contributed by atoms with E-state index in [1.165, 1.54) is 25.7 Å². The predicted molar refractivity (Wildman–Crippen MR) is 65.9 cm³/mol. The molecule has 2 N–H and O–H groups in total. The summed E-state index contributed by atoms with van der Waals surface area (Å²) in [6.07, 6.45) is 12.2. The van der Waals surface area contributed by atoms with Crippen molar-refractivity contribution < 1.29 is 5.48 Å². The van der Waals surface area contributed by atoms with E-state index in [-0.39, 0.29) is 5.48 Å². The third-order valence-electron chi connectivity index (χ3n) is 4.79. The van der Waals surface area contributed by atoms with Crippen molar-refractivity contribution in [3.63, 3.8) is 0 Å². The van der Waals surface area contributed by atoms with Crippen molar-refractivity contribution in [3.05, 3.63) is 0 Å². The highest BCUT2D eigenvalue weighted by atomic mass is 16.0. The lowest BCUT2D eigenvalue weighted by Crippen LogP contribution is -2.24. The molecule has 0 bridgehead atoms. The van der Waals surface area contributed by atoms with Gasteiger partial charge in [-0.25, -0.2) is 0 Å². The molecular weight excluding hydrogens is 184 g/mol. The monoisotopic (exact) mass is 212 g/mol. The van der Waals surface area contributed by atoms with E-state index in [0.29, 0.717) is 0 Å². The van der Waals surface area contributed by atoms with Crippen LogP contribution in [0.2, 0.25) is 0 Å². The Labute approximate surface area is 95.0 Å². The second kappa shape index (κ2) is 5.89. The minimum Gasteiger partial charge on any atom is -0.412 e. The summed E-state index contributed by atoms with van der Waals surface area (Å²) in [6, 6.07) is 0. The van der Waals surface area contributed by atoms with Crippen molar-refractivity contribution in [2.24, 2.45) is 23.7 Å². The SMILES string of the molecule is CC1CCC(C2CCC(C)CC2)CC1.O. The van der Waals surface area contributed by atoms with Crippen molar-refractivity contribution >= 4 is 0 Å². The van der Waals surface area contributed by atoms with E-state index in [1.807, 2.05) is 0 Å². The Kier molecular flexibility index (Phi) is 5.11. The van der Waals surface area contributed by atoms with Crippen LogP contribution in [-0.2, 0) is 0 Å². The molecule has 0 heterocycles. The Morgan fingerprint density at radius 1 is 0.533 bits per heavy atom. The average molecular weight is 212 g/mol. The summed E-state index contributed by atoms with van der Waals surface area (Å²) < 4.78 is 0. The van der Waals surface area contributed by atoms with Gasteiger partial charge in [-0.2, -0.15) is 0 Å². The van der Waals surface area contributed by atoms with Crippen LogP contribution in [-0.4, -0.2) is 5.48 Å². The van der Waals surface area contributed by atoms with Gasteiger partial charge in [-0.05, 0) is 49.4 Å². The third kappa shape index (κ3) is 3.48. The van der Waals surface area contributed by atoms with E-state index < -0.39 is 0 Å². The molecule has 0 unspecified atom stereocenters. The van der Waals surface area contributed by atoms with E-state index in [1.54, 1.807) is 25.7 Å². The first kappa shape index (κ1) is 13.0. The third-order valence-corrected chi connectivity index (χ3v) is 4.79. The maximum absolute atomic E-state index is 2.43. The molecule has 0 atom stereocenters. The highest BCUT2D eigenvalue weighted by Crippen LogP contribution is 2.40. The summed E-state index contributed by atoms with van der Waals surface area (Å²) in [4.78, 5) is 0. The zero-order chi connectivity index (χ0) is 9.97. The minimum absolute atomic E-state index is 0. The molecule has 0 radical (unpaired) electrons. The Balaban J connectivity index is 0.00000112. The van der Waals surface area contributed by atoms with E-state index >= 15 is 0 Å². The van der Waals surface area contributed by atoms with Crippen LogP contribution in [0.3, 0.4) is 0 Å². The van der Waals surface area contributed by atoms with Gasteiger partial charge in [0, 0.05) is 0 Å². The van der Waals surface area contributed by atoms with Crippen molar-refractivity contribution in [2.45, 2.75) is 65.2 Å².